The lowest BCUT2D eigenvalue weighted by atomic mass is 10.1. The molecule has 1 atom stereocenters. The maximum atomic E-state index is 13.2. The molecule has 1 aliphatic heterocycles. The van der Waals surface area contributed by atoms with Gasteiger partial charge in [0, 0.05) is 37.0 Å². The number of H-pyrrole nitrogens is 1. The van der Waals surface area contributed by atoms with Crippen molar-refractivity contribution in [3.05, 3.63) is 82.9 Å². The van der Waals surface area contributed by atoms with Crippen molar-refractivity contribution in [2.75, 3.05) is 13.1 Å². The number of rotatable bonds is 5. The van der Waals surface area contributed by atoms with Gasteiger partial charge in [-0.05, 0) is 13.0 Å². The molecule has 0 aliphatic carbocycles. The van der Waals surface area contributed by atoms with E-state index in [0.29, 0.717) is 18.6 Å². The third kappa shape index (κ3) is 3.35. The summed E-state index contributed by atoms with van der Waals surface area (Å²) in [5.41, 5.74) is 2.07. The van der Waals surface area contributed by atoms with Crippen LogP contribution in [0.25, 0.3) is 16.9 Å². The largest absolute Gasteiger partial charge is 0.472 e. The summed E-state index contributed by atoms with van der Waals surface area (Å²) in [6.45, 7) is 3.36. The van der Waals surface area contributed by atoms with Gasteiger partial charge < -0.3 is 9.72 Å². The first-order valence-corrected chi connectivity index (χ1v) is 9.77. The second kappa shape index (κ2) is 7.38. The second-order valence-electron chi connectivity index (χ2n) is 7.41. The Morgan fingerprint density at radius 1 is 1.17 bits per heavy atom. The van der Waals surface area contributed by atoms with E-state index in [1.54, 1.807) is 18.3 Å². The summed E-state index contributed by atoms with van der Waals surface area (Å²) in [5, 5.41) is 0. The Balaban J connectivity index is 1.36. The predicted molar refractivity (Wildman–Crippen MR) is 110 cm³/mol. The minimum Gasteiger partial charge on any atom is -0.472 e. The summed E-state index contributed by atoms with van der Waals surface area (Å²) in [7, 11) is 0. The highest BCUT2D eigenvalue weighted by Gasteiger charge is 2.33. The zero-order valence-electron chi connectivity index (χ0n) is 16.3. The van der Waals surface area contributed by atoms with E-state index >= 15 is 0 Å². The molecule has 0 amide bonds. The number of aromatic nitrogens is 4. The van der Waals surface area contributed by atoms with E-state index in [1.807, 2.05) is 47.9 Å². The number of nitrogens with one attached hydrogen (secondary N) is 1. The average molecular weight is 405 g/mol. The zero-order valence-corrected chi connectivity index (χ0v) is 16.3. The van der Waals surface area contributed by atoms with Crippen LogP contribution < -0.4 is 10.3 Å². The summed E-state index contributed by atoms with van der Waals surface area (Å²) in [4.78, 5) is 25.9. The van der Waals surface area contributed by atoms with E-state index < -0.39 is 5.95 Å². The fraction of sp³-hybridized carbons (Fsp3) is 0.227. The van der Waals surface area contributed by atoms with Crippen LogP contribution in [-0.2, 0) is 0 Å². The summed E-state index contributed by atoms with van der Waals surface area (Å²) >= 11 is 0. The molecule has 8 heteroatoms. The minimum absolute atomic E-state index is 0.0200. The van der Waals surface area contributed by atoms with Gasteiger partial charge in [0.05, 0.1) is 11.9 Å². The molecule has 152 valence electrons. The Labute approximate surface area is 171 Å². The Bertz CT molecular complexity index is 1250. The van der Waals surface area contributed by atoms with Crippen molar-refractivity contribution in [3.63, 3.8) is 0 Å². The molecule has 1 aromatic carbocycles. The van der Waals surface area contributed by atoms with Gasteiger partial charge in [-0.25, -0.2) is 4.98 Å². The van der Waals surface area contributed by atoms with Crippen LogP contribution >= 0.6 is 0 Å². The van der Waals surface area contributed by atoms with Crippen LogP contribution in [0.4, 0.5) is 4.39 Å². The van der Waals surface area contributed by atoms with Crippen LogP contribution in [0, 0.1) is 5.95 Å². The second-order valence-corrected chi connectivity index (χ2v) is 7.41. The smallest absolute Gasteiger partial charge is 0.274 e. The fourth-order valence-electron chi connectivity index (χ4n) is 3.72. The average Bonchev–Trinajstić information content (AvgIpc) is 3.15. The van der Waals surface area contributed by atoms with Crippen LogP contribution in [0.2, 0.25) is 0 Å². The molecule has 0 bridgehead atoms. The number of halogens is 1. The van der Waals surface area contributed by atoms with Crippen molar-refractivity contribution in [2.24, 2.45) is 0 Å². The van der Waals surface area contributed by atoms with Crippen LogP contribution in [0.15, 0.2) is 65.7 Å². The molecule has 0 spiro atoms. The number of likely N-dealkylation sites (tertiary alicyclic amines) is 1. The van der Waals surface area contributed by atoms with E-state index in [2.05, 4.69) is 19.9 Å². The minimum atomic E-state index is -0.558. The van der Waals surface area contributed by atoms with Crippen molar-refractivity contribution >= 4 is 5.52 Å². The molecule has 3 aromatic heterocycles. The van der Waals surface area contributed by atoms with E-state index in [1.165, 1.54) is 6.07 Å². The van der Waals surface area contributed by atoms with Gasteiger partial charge in [-0.2, -0.15) is 9.37 Å². The molecule has 7 nitrogen and oxygen atoms in total. The van der Waals surface area contributed by atoms with E-state index in [4.69, 9.17) is 4.74 Å². The molecule has 1 fully saturated rings. The number of fused-ring (bicyclic) bond motifs is 1. The van der Waals surface area contributed by atoms with Crippen LogP contribution in [0.1, 0.15) is 18.7 Å². The number of ether oxygens (including phenoxy) is 1. The maximum absolute atomic E-state index is 13.2. The third-order valence-electron chi connectivity index (χ3n) is 5.44. The fourth-order valence-corrected chi connectivity index (χ4v) is 3.72. The Hall–Kier alpha value is -3.52. The molecular weight excluding hydrogens is 385 g/mol. The molecule has 4 heterocycles. The van der Waals surface area contributed by atoms with Crippen molar-refractivity contribution in [3.8, 4) is 17.3 Å². The van der Waals surface area contributed by atoms with Gasteiger partial charge in [0.15, 0.2) is 0 Å². The quantitative estimate of drug-likeness (QED) is 0.517. The molecule has 1 unspecified atom stereocenters. The Morgan fingerprint density at radius 3 is 2.73 bits per heavy atom. The Kier molecular flexibility index (Phi) is 4.55. The molecule has 0 radical (unpaired) electrons. The van der Waals surface area contributed by atoms with Crippen molar-refractivity contribution in [2.45, 2.75) is 19.1 Å². The maximum Gasteiger partial charge on any atom is 0.274 e. The topological polar surface area (TPSA) is 75.5 Å². The van der Waals surface area contributed by atoms with Crippen LogP contribution in [0.5, 0.6) is 5.88 Å². The zero-order chi connectivity index (χ0) is 20.7. The van der Waals surface area contributed by atoms with Gasteiger partial charge in [-0.3, -0.25) is 14.1 Å². The number of hydrogen-bond donors (Lipinski definition) is 1. The monoisotopic (exact) mass is 405 g/mol. The number of imidazole rings is 1. The van der Waals surface area contributed by atoms with Crippen LogP contribution in [-0.4, -0.2) is 43.4 Å². The number of aromatic amines is 1. The van der Waals surface area contributed by atoms with E-state index in [0.717, 1.165) is 17.1 Å². The van der Waals surface area contributed by atoms with Crippen molar-refractivity contribution < 1.29 is 9.13 Å². The van der Waals surface area contributed by atoms with Gasteiger partial charge in [-0.15, -0.1) is 0 Å². The number of nitrogens with zero attached hydrogens (tertiary/aromatic N) is 4. The lowest BCUT2D eigenvalue weighted by molar-refractivity contribution is -0.00905. The highest BCUT2D eigenvalue weighted by Crippen LogP contribution is 2.27. The van der Waals surface area contributed by atoms with E-state index in [9.17, 15) is 9.18 Å². The molecular formula is C22H20FN5O2. The highest BCUT2D eigenvalue weighted by molar-refractivity contribution is 5.61. The van der Waals surface area contributed by atoms with Gasteiger partial charge in [-0.1, -0.05) is 36.4 Å². The predicted octanol–water partition coefficient (Wildman–Crippen LogP) is 3.05. The third-order valence-corrected chi connectivity index (χ3v) is 5.44. The van der Waals surface area contributed by atoms with Crippen LogP contribution in [0.3, 0.4) is 0 Å². The molecule has 1 aliphatic rings. The van der Waals surface area contributed by atoms with Gasteiger partial charge in [0.25, 0.3) is 5.56 Å². The summed E-state index contributed by atoms with van der Waals surface area (Å²) < 4.78 is 20.8. The standard InChI is InChI=1S/C22H20FN5O2/c1-14(27-11-16(12-27)30-20-9-5-8-19(23)26-20)17-13-28-18(22(29)25-17)10-24-21(28)15-6-3-2-4-7-15/h2-10,13-14,16H,11-12H2,1H3,(H,25,29). The lowest BCUT2D eigenvalue weighted by Gasteiger charge is -2.42. The highest BCUT2D eigenvalue weighted by atomic mass is 19.1. The molecule has 0 saturated carbocycles. The van der Waals surface area contributed by atoms with Crippen molar-refractivity contribution in [1.82, 2.24) is 24.3 Å². The normalized spacial score (nSPS) is 15.8. The SMILES string of the molecule is CC(c1cn2c(-c3ccccc3)ncc2c(=O)[nH]1)N1CC(Oc2cccc(F)n2)C1. The lowest BCUT2D eigenvalue weighted by Crippen LogP contribution is -2.54. The summed E-state index contributed by atoms with van der Waals surface area (Å²) in [5.74, 6) is 0.456. The van der Waals surface area contributed by atoms with Gasteiger partial charge >= 0.3 is 0 Å². The molecule has 30 heavy (non-hydrogen) atoms. The van der Waals surface area contributed by atoms with Gasteiger partial charge in [0.1, 0.15) is 17.4 Å². The summed E-state index contributed by atoms with van der Waals surface area (Å²) in [6.07, 6.45) is 3.46. The first-order chi connectivity index (χ1) is 14.6. The number of benzene rings is 1. The first kappa shape index (κ1) is 18.5. The first-order valence-electron chi connectivity index (χ1n) is 9.77. The van der Waals surface area contributed by atoms with E-state index in [-0.39, 0.29) is 23.6 Å². The summed E-state index contributed by atoms with van der Waals surface area (Å²) in [6, 6.07) is 14.3. The van der Waals surface area contributed by atoms with Gasteiger partial charge in [0.2, 0.25) is 11.8 Å². The molecule has 1 saturated heterocycles. The Morgan fingerprint density at radius 2 is 1.97 bits per heavy atom. The number of hydrogen-bond acceptors (Lipinski definition) is 5. The molecule has 1 N–H and O–H groups in total. The number of pyridine rings is 1. The van der Waals surface area contributed by atoms with Crippen molar-refractivity contribution in [1.29, 1.82) is 0 Å². The molecule has 4 aromatic rings. The molecule has 5 rings (SSSR count).